The van der Waals surface area contributed by atoms with Gasteiger partial charge in [0.2, 0.25) is 0 Å². The fourth-order valence-electron chi connectivity index (χ4n) is 8.82. The van der Waals surface area contributed by atoms with Gasteiger partial charge >= 0.3 is 0 Å². The Bertz CT molecular complexity index is 1830. The van der Waals surface area contributed by atoms with Crippen LogP contribution in [0.3, 0.4) is 0 Å². The molecule has 6 nitrogen and oxygen atoms in total. The van der Waals surface area contributed by atoms with E-state index in [-0.39, 0.29) is 0 Å². The van der Waals surface area contributed by atoms with Crippen molar-refractivity contribution in [3.8, 4) is 33.6 Å². The number of benzene rings is 3. The maximum atomic E-state index is 4.84. The standard InChI is InChI=1S/C38H42N6/c1-2-14-38(15-3-1)20-30-28(12-13-29(31(30)21-38)35-23-42-37(44-35)33-7-5-17-40-33)26-10-8-25-19-27(11-9-24(25)18-26)34-22-41-36(43-34)32-6-4-16-39-32/h8-13,18-19,22-23,32-33,39-40H,1-7,14-17,20-21H2,(H,41,43)(H,42,44)/t32-,33-/m0/s1. The lowest BCUT2D eigenvalue weighted by Crippen LogP contribution is -2.24. The maximum Gasteiger partial charge on any atom is 0.123 e. The lowest BCUT2D eigenvalue weighted by atomic mass is 9.72. The topological polar surface area (TPSA) is 81.4 Å². The molecular weight excluding hydrogens is 540 g/mol. The van der Waals surface area contributed by atoms with E-state index in [1.54, 1.807) is 11.1 Å². The second-order valence-electron chi connectivity index (χ2n) is 14.0. The largest absolute Gasteiger partial charge is 0.341 e. The summed E-state index contributed by atoms with van der Waals surface area (Å²) in [6.07, 6.45) is 18.1. The Morgan fingerprint density at radius 3 is 1.86 bits per heavy atom. The van der Waals surface area contributed by atoms with Gasteiger partial charge in [-0.05, 0) is 115 Å². The quantitative estimate of drug-likeness (QED) is 0.168. The fourth-order valence-corrected chi connectivity index (χ4v) is 8.82. The van der Waals surface area contributed by atoms with Crippen molar-refractivity contribution in [1.82, 2.24) is 30.6 Å². The molecule has 0 amide bonds. The number of aromatic nitrogens is 4. The SMILES string of the molecule is c1cc2cc(-c3ccc(-c4cnc([C@@H]5CCCN5)[nH]4)c4c3CC3(CCCCC3)C4)ccc2cc1-c1cnc([C@@H]2CCCN2)[nH]1. The molecule has 2 aromatic heterocycles. The van der Waals surface area contributed by atoms with E-state index in [1.165, 1.54) is 96.5 Å². The molecule has 9 rings (SSSR count). The molecule has 4 aliphatic rings. The van der Waals surface area contributed by atoms with Gasteiger partial charge in [0.15, 0.2) is 0 Å². The second-order valence-corrected chi connectivity index (χ2v) is 14.0. The molecule has 4 heterocycles. The Morgan fingerprint density at radius 1 is 0.591 bits per heavy atom. The molecule has 44 heavy (non-hydrogen) atoms. The van der Waals surface area contributed by atoms with Gasteiger partial charge in [-0.15, -0.1) is 0 Å². The average Bonchev–Trinajstić information content (AvgIpc) is 3.90. The molecule has 0 unspecified atom stereocenters. The summed E-state index contributed by atoms with van der Waals surface area (Å²) in [6, 6.07) is 19.4. The number of fused-ring (bicyclic) bond motifs is 2. The lowest BCUT2D eigenvalue weighted by molar-refractivity contribution is 0.203. The minimum atomic E-state index is 0.354. The van der Waals surface area contributed by atoms with Crippen LogP contribution in [0.2, 0.25) is 0 Å². The van der Waals surface area contributed by atoms with Crippen LogP contribution in [0.15, 0.2) is 60.9 Å². The number of hydrogen-bond donors (Lipinski definition) is 4. The van der Waals surface area contributed by atoms with Crippen LogP contribution < -0.4 is 10.6 Å². The molecule has 2 atom stereocenters. The van der Waals surface area contributed by atoms with E-state index in [2.05, 4.69) is 75.3 Å². The number of aromatic amines is 2. The third kappa shape index (κ3) is 4.62. The van der Waals surface area contributed by atoms with Crippen LogP contribution in [-0.2, 0) is 12.8 Å². The van der Waals surface area contributed by atoms with Gasteiger partial charge in [0.05, 0.1) is 35.9 Å². The Morgan fingerprint density at radius 2 is 1.18 bits per heavy atom. The summed E-state index contributed by atoms with van der Waals surface area (Å²) < 4.78 is 0. The number of hydrogen-bond acceptors (Lipinski definition) is 4. The fraction of sp³-hybridized carbons (Fsp3) is 0.421. The third-order valence-corrected chi connectivity index (χ3v) is 11.2. The van der Waals surface area contributed by atoms with Gasteiger partial charge < -0.3 is 20.6 Å². The molecule has 2 aliphatic carbocycles. The zero-order valence-corrected chi connectivity index (χ0v) is 25.5. The molecule has 2 aliphatic heterocycles. The molecule has 0 radical (unpaired) electrons. The van der Waals surface area contributed by atoms with Crippen LogP contribution in [0, 0.1) is 5.41 Å². The second kappa shape index (κ2) is 10.7. The number of H-pyrrole nitrogens is 2. The molecule has 5 aromatic rings. The number of nitrogens with zero attached hydrogens (tertiary/aromatic N) is 2. The molecule has 1 saturated carbocycles. The minimum absolute atomic E-state index is 0.354. The van der Waals surface area contributed by atoms with E-state index in [0.29, 0.717) is 17.5 Å². The first kappa shape index (κ1) is 26.6. The van der Waals surface area contributed by atoms with Gasteiger partial charge in [0.25, 0.3) is 0 Å². The number of rotatable bonds is 5. The molecule has 1 spiro atoms. The normalized spacial score (nSPS) is 22.7. The first-order valence-corrected chi connectivity index (χ1v) is 17.0. The van der Waals surface area contributed by atoms with Crippen LogP contribution in [0.4, 0.5) is 0 Å². The summed E-state index contributed by atoms with van der Waals surface area (Å²) in [4.78, 5) is 16.9. The Hall–Kier alpha value is -3.74. The molecule has 6 heteroatoms. The van der Waals surface area contributed by atoms with E-state index in [0.717, 1.165) is 43.3 Å². The number of imidazole rings is 2. The predicted molar refractivity (Wildman–Crippen MR) is 177 cm³/mol. The van der Waals surface area contributed by atoms with E-state index in [4.69, 9.17) is 9.97 Å². The molecule has 3 fully saturated rings. The summed E-state index contributed by atoms with van der Waals surface area (Å²) in [5.41, 5.74) is 11.1. The summed E-state index contributed by atoms with van der Waals surface area (Å²) >= 11 is 0. The van der Waals surface area contributed by atoms with Gasteiger partial charge in [-0.2, -0.15) is 0 Å². The van der Waals surface area contributed by atoms with Crippen molar-refractivity contribution in [2.45, 2.75) is 82.7 Å². The van der Waals surface area contributed by atoms with E-state index in [1.807, 2.05) is 6.20 Å². The molecule has 3 aromatic carbocycles. The summed E-state index contributed by atoms with van der Waals surface area (Å²) in [5.74, 6) is 2.15. The molecule has 224 valence electrons. The highest BCUT2D eigenvalue weighted by atomic mass is 15.0. The highest BCUT2D eigenvalue weighted by Crippen LogP contribution is 2.52. The van der Waals surface area contributed by atoms with Crippen molar-refractivity contribution in [1.29, 1.82) is 0 Å². The van der Waals surface area contributed by atoms with E-state index < -0.39 is 0 Å². The molecule has 2 saturated heterocycles. The summed E-state index contributed by atoms with van der Waals surface area (Å²) in [7, 11) is 0. The van der Waals surface area contributed by atoms with E-state index >= 15 is 0 Å². The van der Waals surface area contributed by atoms with E-state index in [9.17, 15) is 0 Å². The van der Waals surface area contributed by atoms with Crippen molar-refractivity contribution in [2.24, 2.45) is 5.41 Å². The first-order chi connectivity index (χ1) is 21.7. The zero-order valence-electron chi connectivity index (χ0n) is 25.5. The van der Waals surface area contributed by atoms with Crippen molar-refractivity contribution in [3.05, 3.63) is 83.7 Å². The first-order valence-electron chi connectivity index (χ1n) is 17.0. The molecule has 0 bridgehead atoms. The third-order valence-electron chi connectivity index (χ3n) is 11.2. The van der Waals surface area contributed by atoms with Crippen LogP contribution in [0.25, 0.3) is 44.4 Å². The maximum absolute atomic E-state index is 4.84. The zero-order chi connectivity index (χ0) is 29.1. The summed E-state index contributed by atoms with van der Waals surface area (Å²) in [5, 5.41) is 9.71. The van der Waals surface area contributed by atoms with Crippen molar-refractivity contribution in [2.75, 3.05) is 13.1 Å². The van der Waals surface area contributed by atoms with Crippen LogP contribution in [0.1, 0.15) is 92.6 Å². The van der Waals surface area contributed by atoms with Crippen LogP contribution in [-0.4, -0.2) is 33.0 Å². The average molecular weight is 583 g/mol. The highest BCUT2D eigenvalue weighted by molar-refractivity contribution is 5.91. The Balaban J connectivity index is 1.07. The summed E-state index contributed by atoms with van der Waals surface area (Å²) in [6.45, 7) is 2.16. The predicted octanol–water partition coefficient (Wildman–Crippen LogP) is 8.19. The van der Waals surface area contributed by atoms with Gasteiger partial charge in [-0.3, -0.25) is 0 Å². The monoisotopic (exact) mass is 582 g/mol. The Kier molecular flexibility index (Phi) is 6.48. The highest BCUT2D eigenvalue weighted by Gasteiger charge is 2.40. The minimum Gasteiger partial charge on any atom is -0.341 e. The van der Waals surface area contributed by atoms with Crippen LogP contribution in [0.5, 0.6) is 0 Å². The molecular formula is C38H42N6. The van der Waals surface area contributed by atoms with Crippen molar-refractivity contribution >= 4 is 10.8 Å². The van der Waals surface area contributed by atoms with Crippen LogP contribution >= 0.6 is 0 Å². The Labute approximate surface area is 259 Å². The van der Waals surface area contributed by atoms with Crippen molar-refractivity contribution in [3.63, 3.8) is 0 Å². The smallest absolute Gasteiger partial charge is 0.123 e. The van der Waals surface area contributed by atoms with Crippen molar-refractivity contribution < 1.29 is 0 Å². The number of nitrogens with one attached hydrogen (secondary N) is 4. The lowest BCUT2D eigenvalue weighted by Gasteiger charge is -2.33. The van der Waals surface area contributed by atoms with Gasteiger partial charge in [0, 0.05) is 11.1 Å². The van der Waals surface area contributed by atoms with Gasteiger partial charge in [-0.25, -0.2) is 9.97 Å². The molecule has 4 N–H and O–H groups in total. The van der Waals surface area contributed by atoms with Gasteiger partial charge in [0.1, 0.15) is 11.6 Å². The van der Waals surface area contributed by atoms with Gasteiger partial charge in [-0.1, -0.05) is 55.7 Å².